The Kier molecular flexibility index (Phi) is 6.89. The Bertz CT molecular complexity index is 1310. The quantitative estimate of drug-likeness (QED) is 0.302. The van der Waals surface area contributed by atoms with Crippen molar-refractivity contribution in [2.45, 2.75) is 24.5 Å². The summed E-state index contributed by atoms with van der Waals surface area (Å²) in [6.07, 6.45) is 0.216. The average molecular weight is 556 g/mol. The summed E-state index contributed by atoms with van der Waals surface area (Å²) in [5.74, 6) is -9.91. The van der Waals surface area contributed by atoms with Crippen LogP contribution in [0.5, 0.6) is 5.75 Å². The fourth-order valence-corrected chi connectivity index (χ4v) is 7.72. The molecule has 2 unspecified atom stereocenters. The molecule has 5 N–H and O–H groups in total. The molecule has 5 rings (SSSR count). The minimum atomic E-state index is -2.76. The normalized spacial score (nSPS) is 34.4. The Morgan fingerprint density at radius 3 is 2.33 bits per heavy atom. The number of hydrogen-bond donors (Lipinski definition) is 4. The molecule has 1 heterocycles. The van der Waals surface area contributed by atoms with Gasteiger partial charge in [-0.1, -0.05) is 0 Å². The van der Waals surface area contributed by atoms with Crippen LogP contribution in [0.3, 0.4) is 0 Å². The van der Waals surface area contributed by atoms with E-state index in [0.717, 1.165) is 0 Å². The zero-order chi connectivity index (χ0) is 29.3. The van der Waals surface area contributed by atoms with Crippen LogP contribution in [-0.2, 0) is 25.6 Å². The van der Waals surface area contributed by atoms with Gasteiger partial charge in [0.15, 0.2) is 34.7 Å². The van der Waals surface area contributed by atoms with E-state index >= 15 is 0 Å². The largest absolute Gasteiger partial charge is 0.507 e. The predicted molar refractivity (Wildman–Crippen MR) is 144 cm³/mol. The van der Waals surface area contributed by atoms with E-state index in [-0.39, 0.29) is 24.2 Å². The zero-order valence-corrected chi connectivity index (χ0v) is 23.3. The van der Waals surface area contributed by atoms with Crippen LogP contribution in [0.25, 0.3) is 0 Å². The van der Waals surface area contributed by atoms with Crippen molar-refractivity contribution in [3.63, 3.8) is 0 Å². The van der Waals surface area contributed by atoms with E-state index in [4.69, 9.17) is 5.73 Å². The third-order valence-corrected chi connectivity index (χ3v) is 9.38. The van der Waals surface area contributed by atoms with Gasteiger partial charge in [0.2, 0.25) is 5.91 Å². The van der Waals surface area contributed by atoms with Crippen LogP contribution < -0.4 is 16.0 Å². The van der Waals surface area contributed by atoms with E-state index in [1.165, 1.54) is 11.0 Å². The summed E-state index contributed by atoms with van der Waals surface area (Å²) in [5.41, 5.74) is 2.89. The number of anilines is 1. The molecule has 0 spiro atoms. The second-order valence-corrected chi connectivity index (χ2v) is 12.2. The van der Waals surface area contributed by atoms with Crippen molar-refractivity contribution in [1.82, 2.24) is 15.1 Å². The van der Waals surface area contributed by atoms with E-state index in [0.29, 0.717) is 44.0 Å². The highest BCUT2D eigenvalue weighted by Crippen LogP contribution is 2.57. The molecule has 12 nitrogen and oxygen atoms in total. The van der Waals surface area contributed by atoms with E-state index in [1.54, 1.807) is 20.2 Å². The highest BCUT2D eigenvalue weighted by molar-refractivity contribution is 6.32. The van der Waals surface area contributed by atoms with Gasteiger partial charge in [-0.25, -0.2) is 0 Å². The smallest absolute Gasteiger partial charge is 0.235 e. The number of amides is 1. The number of primary amides is 1. The fourth-order valence-electron chi connectivity index (χ4n) is 7.72. The summed E-state index contributed by atoms with van der Waals surface area (Å²) >= 11 is 0. The number of fused-ring (bicyclic) bond motifs is 3. The Morgan fingerprint density at radius 1 is 1.10 bits per heavy atom. The lowest BCUT2D eigenvalue weighted by atomic mass is 9.46. The number of carbonyl (C=O) groups is 5. The first-order chi connectivity index (χ1) is 18.8. The summed E-state index contributed by atoms with van der Waals surface area (Å²) in [6.45, 7) is 3.07. The van der Waals surface area contributed by atoms with Gasteiger partial charge in [-0.05, 0) is 44.6 Å². The number of benzene rings is 1. The van der Waals surface area contributed by atoms with E-state index < -0.39 is 63.9 Å². The number of phenolic OH excluding ortho intramolecular Hbond substituents is 1. The van der Waals surface area contributed by atoms with Crippen LogP contribution >= 0.6 is 0 Å². The first-order valence-electron chi connectivity index (χ1n) is 13.6. The number of carbonyl (C=O) groups excluding carboxylic acids is 5. The summed E-state index contributed by atoms with van der Waals surface area (Å²) in [7, 11) is 6.81. The SMILES string of the molecule is CN(C)c1ccc(O)c2c1C[C@@]1(CN3CCNCC3)C[C@H]3[C@H](N(C)C)C(=O)C(C(N)=O)C(=O)[C@@]3(O)C(=O)C1C2=O. The van der Waals surface area contributed by atoms with Gasteiger partial charge in [-0.2, -0.15) is 0 Å². The maximum absolute atomic E-state index is 14.5. The number of ketones is 4. The number of aliphatic hydroxyl groups is 1. The third kappa shape index (κ3) is 3.92. The van der Waals surface area contributed by atoms with Crippen molar-refractivity contribution in [3.05, 3.63) is 23.3 Å². The maximum Gasteiger partial charge on any atom is 0.235 e. The summed E-state index contributed by atoms with van der Waals surface area (Å²) in [6, 6.07) is 1.96. The first-order valence-corrected chi connectivity index (χ1v) is 13.6. The average Bonchev–Trinajstić information content (AvgIpc) is 2.86. The Balaban J connectivity index is 1.75. The standard InChI is InChI=1S/C28H37N5O7/c1-31(2)16-5-6-17(34)18-14(16)11-27(13-33-9-7-30-8-10-33)12-15-21(32(3)4)23(36)19(26(29)39)24(37)28(15,40)25(38)20(27)22(18)35/h5-6,15,19-21,30,34,40H,7-13H2,1-4H3,(H2,29,39)/t15-,19?,20?,21-,27-,28+/m0/s1. The lowest BCUT2D eigenvalue weighted by Gasteiger charge is -2.58. The van der Waals surface area contributed by atoms with Crippen molar-refractivity contribution in [2.24, 2.45) is 28.9 Å². The Morgan fingerprint density at radius 2 is 1.75 bits per heavy atom. The number of likely N-dealkylation sites (N-methyl/N-ethyl adjacent to an activating group) is 1. The minimum absolute atomic E-state index is 0.00233. The van der Waals surface area contributed by atoms with Crippen molar-refractivity contribution in [3.8, 4) is 5.75 Å². The van der Waals surface area contributed by atoms with Crippen molar-refractivity contribution in [2.75, 3.05) is 65.8 Å². The Hall–Kier alpha value is -3.19. The lowest BCUT2D eigenvalue weighted by molar-refractivity contribution is -0.187. The van der Waals surface area contributed by atoms with Gasteiger partial charge in [0.05, 0.1) is 17.5 Å². The molecule has 0 bridgehead atoms. The highest BCUT2D eigenvalue weighted by atomic mass is 16.3. The monoisotopic (exact) mass is 555 g/mol. The second kappa shape index (κ2) is 9.72. The minimum Gasteiger partial charge on any atom is -0.507 e. The molecule has 12 heteroatoms. The predicted octanol–water partition coefficient (Wildman–Crippen LogP) is -1.79. The van der Waals surface area contributed by atoms with Gasteiger partial charge in [-0.3, -0.25) is 28.9 Å². The number of rotatable bonds is 5. The van der Waals surface area contributed by atoms with E-state index in [1.807, 2.05) is 19.0 Å². The molecule has 0 radical (unpaired) electrons. The zero-order valence-electron chi connectivity index (χ0n) is 23.3. The van der Waals surface area contributed by atoms with Crippen molar-refractivity contribution in [1.29, 1.82) is 0 Å². The van der Waals surface area contributed by atoms with Crippen molar-refractivity contribution >= 4 is 34.7 Å². The topological polar surface area (TPSA) is 174 Å². The highest BCUT2D eigenvalue weighted by Gasteiger charge is 2.72. The van der Waals surface area contributed by atoms with Crippen LogP contribution in [0.4, 0.5) is 5.69 Å². The van der Waals surface area contributed by atoms with Gasteiger partial charge in [-0.15, -0.1) is 0 Å². The number of piperazine rings is 1. The molecule has 6 atom stereocenters. The molecule has 1 amide bonds. The van der Waals surface area contributed by atoms with Gasteiger partial charge in [0, 0.05) is 63.8 Å². The maximum atomic E-state index is 14.5. The number of aromatic hydroxyl groups is 1. The molecule has 0 aromatic heterocycles. The molecule has 1 aromatic carbocycles. The Labute approximate surface area is 232 Å². The first kappa shape index (κ1) is 28.3. The van der Waals surface area contributed by atoms with Gasteiger partial charge in [0.1, 0.15) is 5.75 Å². The number of phenols is 1. The molecule has 216 valence electrons. The summed E-state index contributed by atoms with van der Waals surface area (Å²) in [5, 5.41) is 26.1. The summed E-state index contributed by atoms with van der Waals surface area (Å²) < 4.78 is 0. The third-order valence-electron chi connectivity index (χ3n) is 9.38. The number of hydrogen-bond acceptors (Lipinski definition) is 11. The molecule has 40 heavy (non-hydrogen) atoms. The van der Waals surface area contributed by atoms with Crippen LogP contribution in [0.2, 0.25) is 0 Å². The molecular weight excluding hydrogens is 518 g/mol. The van der Waals surface area contributed by atoms with E-state index in [2.05, 4.69) is 10.2 Å². The molecule has 2 saturated carbocycles. The fraction of sp³-hybridized carbons (Fsp3) is 0.607. The number of nitrogens with one attached hydrogen (secondary N) is 1. The van der Waals surface area contributed by atoms with Gasteiger partial charge in [0.25, 0.3) is 0 Å². The van der Waals surface area contributed by atoms with Crippen LogP contribution in [0, 0.1) is 23.2 Å². The second-order valence-electron chi connectivity index (χ2n) is 12.2. The van der Waals surface area contributed by atoms with Crippen molar-refractivity contribution < 1.29 is 34.2 Å². The van der Waals surface area contributed by atoms with Gasteiger partial charge >= 0.3 is 0 Å². The molecule has 1 aromatic rings. The molecule has 1 saturated heterocycles. The molecule has 1 aliphatic heterocycles. The number of Topliss-reactive ketones (excluding diaryl/α,β-unsaturated/α-hetero) is 4. The number of nitrogens with two attached hydrogens (primary N) is 1. The molecule has 3 fully saturated rings. The lowest BCUT2D eigenvalue weighted by Crippen LogP contribution is -2.76. The van der Waals surface area contributed by atoms with Crippen LogP contribution in [-0.4, -0.2) is 122 Å². The van der Waals surface area contributed by atoms with E-state index in [9.17, 15) is 34.2 Å². The molecular formula is C28H37N5O7. The van der Waals surface area contributed by atoms with Gasteiger partial charge < -0.3 is 31.1 Å². The summed E-state index contributed by atoms with van der Waals surface area (Å²) in [4.78, 5) is 73.7. The molecule has 4 aliphatic rings. The molecule has 3 aliphatic carbocycles. The van der Waals surface area contributed by atoms with Crippen LogP contribution in [0.15, 0.2) is 12.1 Å². The number of nitrogens with zero attached hydrogens (tertiary/aromatic N) is 3. The van der Waals surface area contributed by atoms with Crippen LogP contribution in [0.1, 0.15) is 22.3 Å².